The number of allylic oxidation sites excluding steroid dienone is 1. The van der Waals surface area contributed by atoms with Gasteiger partial charge in [-0.1, -0.05) is 78.2 Å². The highest BCUT2D eigenvalue weighted by Crippen LogP contribution is 2.22. The Kier molecular flexibility index (Phi) is 13.3. The number of hydrogen-bond donors (Lipinski definition) is 0. The van der Waals surface area contributed by atoms with Gasteiger partial charge in [0, 0.05) is 6.08 Å². The lowest BCUT2D eigenvalue weighted by atomic mass is 9.91. The van der Waals surface area contributed by atoms with Crippen LogP contribution >= 0.6 is 0 Å². The molecule has 0 aromatic carbocycles. The van der Waals surface area contributed by atoms with Gasteiger partial charge in [-0.25, -0.2) is 4.79 Å². The first kappa shape index (κ1) is 25.4. The summed E-state index contributed by atoms with van der Waals surface area (Å²) >= 11 is 0. The van der Waals surface area contributed by atoms with Crippen molar-refractivity contribution in [2.24, 2.45) is 17.8 Å². The van der Waals surface area contributed by atoms with Gasteiger partial charge >= 0.3 is 5.97 Å². The first-order chi connectivity index (χ1) is 12.0. The molecule has 0 fully saturated rings. The van der Waals surface area contributed by atoms with Crippen LogP contribution < -0.4 is 0 Å². The zero-order valence-corrected chi connectivity index (χ0v) is 20.0. The average molecular weight is 383 g/mol. The molecule has 2 unspecified atom stereocenters. The summed E-state index contributed by atoms with van der Waals surface area (Å²) < 4.78 is 5.48. The molecule has 3 heteroatoms. The third-order valence-corrected chi connectivity index (χ3v) is 5.72. The van der Waals surface area contributed by atoms with Crippen molar-refractivity contribution < 1.29 is 9.22 Å². The first-order valence-electron chi connectivity index (χ1n) is 10.9. The highest BCUT2D eigenvalue weighted by atomic mass is 28.4. The fourth-order valence-corrected chi connectivity index (χ4v) is 3.97. The van der Waals surface area contributed by atoms with Gasteiger partial charge in [-0.15, -0.1) is 0 Å². The predicted molar refractivity (Wildman–Crippen MR) is 118 cm³/mol. The van der Waals surface area contributed by atoms with Crippen LogP contribution in [0.2, 0.25) is 19.6 Å². The van der Waals surface area contributed by atoms with Crippen LogP contribution in [0, 0.1) is 17.8 Å². The summed E-state index contributed by atoms with van der Waals surface area (Å²) in [5.41, 5.74) is 1.15. The summed E-state index contributed by atoms with van der Waals surface area (Å²) in [6.07, 6.45) is 13.4. The van der Waals surface area contributed by atoms with Crippen molar-refractivity contribution in [3.05, 3.63) is 11.6 Å². The molecular formula is C23H46O2Si. The van der Waals surface area contributed by atoms with Gasteiger partial charge in [-0.2, -0.15) is 0 Å². The van der Waals surface area contributed by atoms with Gasteiger partial charge in [-0.05, 0) is 57.2 Å². The van der Waals surface area contributed by atoms with E-state index in [4.69, 9.17) is 4.43 Å². The van der Waals surface area contributed by atoms with Crippen LogP contribution in [0.3, 0.4) is 0 Å². The number of hydrogen-bond acceptors (Lipinski definition) is 2. The third-order valence-electron chi connectivity index (χ3n) is 4.91. The van der Waals surface area contributed by atoms with E-state index in [-0.39, 0.29) is 5.97 Å². The van der Waals surface area contributed by atoms with Crippen molar-refractivity contribution in [1.82, 2.24) is 0 Å². The average Bonchev–Trinajstić information content (AvgIpc) is 2.44. The SMILES string of the molecule is C/C(=C\C(=O)O[Si](C)(C)C)CCCC(C)CCCC(C)CCCC(C)C. The molecule has 26 heavy (non-hydrogen) atoms. The van der Waals surface area contributed by atoms with Gasteiger partial charge in [0.1, 0.15) is 0 Å². The van der Waals surface area contributed by atoms with E-state index in [2.05, 4.69) is 34.6 Å². The molecule has 0 bridgehead atoms. The molecule has 0 rings (SSSR count). The van der Waals surface area contributed by atoms with Crippen molar-refractivity contribution in [1.29, 1.82) is 0 Å². The standard InChI is InChI=1S/C23H46O2Si/c1-19(2)12-9-13-20(3)14-10-15-21(4)16-11-17-22(5)18-23(24)25-26(6,7)8/h18-21H,9-17H2,1-8H3/b22-18+. The van der Waals surface area contributed by atoms with Gasteiger partial charge in [0.15, 0.2) is 0 Å². The minimum absolute atomic E-state index is 0.152. The molecule has 0 aromatic heterocycles. The van der Waals surface area contributed by atoms with Crippen LogP contribution in [0.25, 0.3) is 0 Å². The summed E-state index contributed by atoms with van der Waals surface area (Å²) in [7, 11) is -1.77. The number of carbonyl (C=O) groups is 1. The Bertz CT molecular complexity index is 407. The highest BCUT2D eigenvalue weighted by molar-refractivity contribution is 6.71. The number of rotatable bonds is 14. The molecule has 0 aliphatic heterocycles. The smallest absolute Gasteiger partial charge is 0.317 e. The quantitative estimate of drug-likeness (QED) is 0.227. The Morgan fingerprint density at radius 2 is 1.31 bits per heavy atom. The lowest BCUT2D eigenvalue weighted by molar-refractivity contribution is -0.129. The van der Waals surface area contributed by atoms with Crippen LogP contribution in [-0.2, 0) is 9.22 Å². The van der Waals surface area contributed by atoms with Crippen molar-refractivity contribution >= 4 is 14.3 Å². The summed E-state index contributed by atoms with van der Waals surface area (Å²) in [5.74, 6) is 2.36. The normalized spacial score (nSPS) is 15.2. The highest BCUT2D eigenvalue weighted by Gasteiger charge is 2.18. The Labute approximate surface area is 165 Å². The lowest BCUT2D eigenvalue weighted by Gasteiger charge is -2.16. The van der Waals surface area contributed by atoms with E-state index in [1.165, 1.54) is 51.4 Å². The molecule has 0 spiro atoms. The van der Waals surface area contributed by atoms with Crippen LogP contribution in [0.4, 0.5) is 0 Å². The maximum atomic E-state index is 11.8. The van der Waals surface area contributed by atoms with E-state index in [1.54, 1.807) is 6.08 Å². The van der Waals surface area contributed by atoms with Crippen molar-refractivity contribution in [2.75, 3.05) is 0 Å². The zero-order chi connectivity index (χ0) is 20.2. The second kappa shape index (κ2) is 13.6. The van der Waals surface area contributed by atoms with E-state index < -0.39 is 8.32 Å². The van der Waals surface area contributed by atoms with Gasteiger partial charge in [0.05, 0.1) is 0 Å². The summed E-state index contributed by atoms with van der Waals surface area (Å²) in [6, 6.07) is 0. The van der Waals surface area contributed by atoms with Crippen LogP contribution in [-0.4, -0.2) is 14.3 Å². The minimum Gasteiger partial charge on any atom is -0.517 e. The molecule has 0 saturated heterocycles. The van der Waals surface area contributed by atoms with E-state index >= 15 is 0 Å². The molecule has 2 atom stereocenters. The van der Waals surface area contributed by atoms with Crippen molar-refractivity contribution in [2.45, 2.75) is 112 Å². The predicted octanol–water partition coefficient (Wildman–Crippen LogP) is 7.75. The summed E-state index contributed by atoms with van der Waals surface area (Å²) in [4.78, 5) is 11.8. The van der Waals surface area contributed by atoms with Crippen LogP contribution in [0.1, 0.15) is 92.4 Å². The molecule has 0 aromatic rings. The second-order valence-electron chi connectivity index (χ2n) is 9.88. The topological polar surface area (TPSA) is 26.3 Å². The summed E-state index contributed by atoms with van der Waals surface area (Å²) in [5, 5.41) is 0. The monoisotopic (exact) mass is 382 g/mol. The maximum absolute atomic E-state index is 11.8. The molecular weight excluding hydrogens is 336 g/mol. The molecule has 2 nitrogen and oxygen atoms in total. The Morgan fingerprint density at radius 1 is 0.846 bits per heavy atom. The first-order valence-corrected chi connectivity index (χ1v) is 14.3. The van der Waals surface area contributed by atoms with Gasteiger partial charge in [0.2, 0.25) is 8.32 Å². The number of carbonyl (C=O) groups excluding carboxylic acids is 1. The Balaban J connectivity index is 3.82. The molecule has 0 aliphatic carbocycles. The van der Waals surface area contributed by atoms with E-state index in [0.717, 1.165) is 29.7 Å². The van der Waals surface area contributed by atoms with E-state index in [9.17, 15) is 4.79 Å². The van der Waals surface area contributed by atoms with Gasteiger partial charge in [-0.3, -0.25) is 0 Å². The van der Waals surface area contributed by atoms with Crippen molar-refractivity contribution in [3.63, 3.8) is 0 Å². The Morgan fingerprint density at radius 3 is 1.77 bits per heavy atom. The van der Waals surface area contributed by atoms with Crippen LogP contribution in [0.5, 0.6) is 0 Å². The molecule has 0 heterocycles. The van der Waals surface area contributed by atoms with Gasteiger partial charge < -0.3 is 4.43 Å². The second-order valence-corrected chi connectivity index (χ2v) is 14.3. The minimum atomic E-state index is -1.77. The van der Waals surface area contributed by atoms with Crippen LogP contribution in [0.15, 0.2) is 11.6 Å². The molecule has 0 amide bonds. The molecule has 0 radical (unpaired) electrons. The lowest BCUT2D eigenvalue weighted by Crippen LogP contribution is -2.28. The molecule has 0 aliphatic rings. The van der Waals surface area contributed by atoms with Crippen molar-refractivity contribution in [3.8, 4) is 0 Å². The molecule has 0 N–H and O–H groups in total. The molecule has 0 saturated carbocycles. The van der Waals surface area contributed by atoms with Gasteiger partial charge in [0.25, 0.3) is 0 Å². The molecule has 154 valence electrons. The zero-order valence-electron chi connectivity index (χ0n) is 19.0. The van der Waals surface area contributed by atoms with E-state index in [0.29, 0.717) is 0 Å². The fourth-order valence-electron chi connectivity index (χ4n) is 3.31. The largest absolute Gasteiger partial charge is 0.517 e. The van der Waals surface area contributed by atoms with E-state index in [1.807, 2.05) is 19.6 Å². The third kappa shape index (κ3) is 16.9. The maximum Gasteiger partial charge on any atom is 0.317 e. The summed E-state index contributed by atoms with van der Waals surface area (Å²) in [6.45, 7) is 17.6. The fraction of sp³-hybridized carbons (Fsp3) is 0.870. The Hall–Kier alpha value is -0.573.